The molecular formula is C22H29FN2O2. The Morgan fingerprint density at radius 3 is 2.48 bits per heavy atom. The highest BCUT2D eigenvalue weighted by Gasteiger charge is 2.23. The first-order chi connectivity index (χ1) is 13.1. The van der Waals surface area contributed by atoms with E-state index in [1.807, 2.05) is 45.8 Å². The van der Waals surface area contributed by atoms with Gasteiger partial charge in [-0.2, -0.15) is 0 Å². The fourth-order valence-corrected chi connectivity index (χ4v) is 3.45. The number of nitrogens with zero attached hydrogens (tertiary/aromatic N) is 2. The van der Waals surface area contributed by atoms with Crippen molar-refractivity contribution in [1.29, 1.82) is 0 Å². The highest BCUT2D eigenvalue weighted by molar-refractivity contribution is 5.46. The SMILES string of the molecule is C=O.C=O.Cc1ccc(CCC2CCCCN2c2ccc(C)nc2)c(F)c1. The van der Waals surface area contributed by atoms with Crippen molar-refractivity contribution < 1.29 is 14.0 Å². The number of piperidine rings is 1. The first kappa shape index (κ1) is 22.5. The van der Waals surface area contributed by atoms with Crippen LogP contribution in [0.5, 0.6) is 0 Å². The van der Waals surface area contributed by atoms with Crippen molar-refractivity contribution in [2.45, 2.75) is 52.0 Å². The number of rotatable bonds is 4. The number of aromatic nitrogens is 1. The van der Waals surface area contributed by atoms with Crippen LogP contribution in [0.15, 0.2) is 36.5 Å². The monoisotopic (exact) mass is 372 g/mol. The van der Waals surface area contributed by atoms with Gasteiger partial charge in [-0.05, 0) is 75.3 Å². The van der Waals surface area contributed by atoms with Gasteiger partial charge in [-0.3, -0.25) is 4.98 Å². The van der Waals surface area contributed by atoms with Gasteiger partial charge in [-0.15, -0.1) is 0 Å². The third-order valence-corrected chi connectivity index (χ3v) is 4.81. The number of carbonyl (C=O) groups is 2. The Bertz CT molecular complexity index is 689. The number of hydrogen-bond acceptors (Lipinski definition) is 4. The van der Waals surface area contributed by atoms with Crippen LogP contribution in [0, 0.1) is 19.7 Å². The number of pyridine rings is 1. The van der Waals surface area contributed by atoms with E-state index in [1.54, 1.807) is 6.07 Å². The van der Waals surface area contributed by atoms with Crippen molar-refractivity contribution in [3.63, 3.8) is 0 Å². The summed E-state index contributed by atoms with van der Waals surface area (Å²) in [4.78, 5) is 22.9. The van der Waals surface area contributed by atoms with Gasteiger partial charge in [0.2, 0.25) is 0 Å². The second-order valence-corrected chi connectivity index (χ2v) is 6.63. The summed E-state index contributed by atoms with van der Waals surface area (Å²) in [5.41, 5.74) is 4.06. The van der Waals surface area contributed by atoms with Crippen LogP contribution in [0.3, 0.4) is 0 Å². The molecule has 3 rings (SSSR count). The number of benzene rings is 1. The van der Waals surface area contributed by atoms with Gasteiger partial charge in [0.25, 0.3) is 0 Å². The molecule has 0 N–H and O–H groups in total. The molecule has 1 unspecified atom stereocenters. The number of hydrogen-bond donors (Lipinski definition) is 0. The van der Waals surface area contributed by atoms with Crippen molar-refractivity contribution in [2.75, 3.05) is 11.4 Å². The van der Waals surface area contributed by atoms with E-state index in [9.17, 15) is 4.39 Å². The van der Waals surface area contributed by atoms with Crippen molar-refractivity contribution in [3.05, 3.63) is 59.2 Å². The normalized spacial score (nSPS) is 15.8. The zero-order valence-corrected chi connectivity index (χ0v) is 16.3. The minimum Gasteiger partial charge on any atom is -0.367 e. The van der Waals surface area contributed by atoms with Gasteiger partial charge in [0.05, 0.1) is 11.9 Å². The van der Waals surface area contributed by atoms with Gasteiger partial charge in [0.1, 0.15) is 19.4 Å². The van der Waals surface area contributed by atoms with E-state index in [4.69, 9.17) is 9.59 Å². The third kappa shape index (κ3) is 6.59. The van der Waals surface area contributed by atoms with Gasteiger partial charge >= 0.3 is 0 Å². The molecule has 2 heterocycles. The molecule has 27 heavy (non-hydrogen) atoms. The number of aryl methyl sites for hydroxylation is 3. The van der Waals surface area contributed by atoms with Gasteiger partial charge < -0.3 is 14.5 Å². The van der Waals surface area contributed by atoms with E-state index in [1.165, 1.54) is 24.9 Å². The molecule has 4 nitrogen and oxygen atoms in total. The second kappa shape index (κ2) is 11.9. The summed E-state index contributed by atoms with van der Waals surface area (Å²) in [6.45, 7) is 9.02. The summed E-state index contributed by atoms with van der Waals surface area (Å²) >= 11 is 0. The fraction of sp³-hybridized carbons (Fsp3) is 0.409. The number of halogens is 1. The van der Waals surface area contributed by atoms with Crippen LogP contribution in [0.2, 0.25) is 0 Å². The predicted octanol–water partition coefficient (Wildman–Crippen LogP) is 4.46. The molecule has 0 amide bonds. The second-order valence-electron chi connectivity index (χ2n) is 6.63. The molecule has 2 aromatic rings. The van der Waals surface area contributed by atoms with Crippen molar-refractivity contribution in [3.8, 4) is 0 Å². The standard InChI is InChI=1S/C20H25FN2.2CH2O/c1-15-6-8-17(20(21)13-15)9-11-18-5-3-4-12-23(18)19-10-7-16(2)22-14-19;2*1-2/h6-8,10,13-14,18H,3-5,9,11-12H2,1-2H3;2*1H2. The van der Waals surface area contributed by atoms with Gasteiger partial charge in [0, 0.05) is 18.3 Å². The maximum atomic E-state index is 14.0. The van der Waals surface area contributed by atoms with Crippen LogP contribution in [-0.2, 0) is 16.0 Å². The lowest BCUT2D eigenvalue weighted by molar-refractivity contribution is -0.0987. The highest BCUT2D eigenvalue weighted by atomic mass is 19.1. The van der Waals surface area contributed by atoms with E-state index in [-0.39, 0.29) is 5.82 Å². The van der Waals surface area contributed by atoms with E-state index in [0.29, 0.717) is 6.04 Å². The smallest absolute Gasteiger partial charge is 0.126 e. The minimum absolute atomic E-state index is 0.0654. The highest BCUT2D eigenvalue weighted by Crippen LogP contribution is 2.27. The van der Waals surface area contributed by atoms with Gasteiger partial charge in [0.15, 0.2) is 0 Å². The average Bonchev–Trinajstić information content (AvgIpc) is 2.71. The summed E-state index contributed by atoms with van der Waals surface area (Å²) in [7, 11) is 0. The summed E-state index contributed by atoms with van der Waals surface area (Å²) in [5, 5.41) is 0. The first-order valence-corrected chi connectivity index (χ1v) is 9.15. The van der Waals surface area contributed by atoms with E-state index in [2.05, 4.69) is 22.0 Å². The van der Waals surface area contributed by atoms with Crippen LogP contribution < -0.4 is 4.90 Å². The minimum atomic E-state index is -0.0654. The lowest BCUT2D eigenvalue weighted by atomic mass is 9.95. The number of anilines is 1. The van der Waals surface area contributed by atoms with Crippen LogP contribution >= 0.6 is 0 Å². The molecule has 0 aliphatic carbocycles. The molecule has 0 radical (unpaired) electrons. The Labute approximate surface area is 161 Å². The molecule has 0 spiro atoms. The van der Waals surface area contributed by atoms with Gasteiger partial charge in [-0.1, -0.05) is 12.1 Å². The zero-order valence-electron chi connectivity index (χ0n) is 16.3. The molecule has 1 saturated heterocycles. The summed E-state index contributed by atoms with van der Waals surface area (Å²) in [6, 6.07) is 10.3. The molecule has 1 aliphatic rings. The number of carbonyl (C=O) groups excluding carboxylic acids is 2. The molecule has 1 aromatic heterocycles. The summed E-state index contributed by atoms with van der Waals surface area (Å²) < 4.78 is 14.0. The maximum Gasteiger partial charge on any atom is 0.126 e. The largest absolute Gasteiger partial charge is 0.367 e. The topological polar surface area (TPSA) is 50.3 Å². The molecule has 1 aliphatic heterocycles. The summed E-state index contributed by atoms with van der Waals surface area (Å²) in [5.74, 6) is -0.0654. The van der Waals surface area contributed by atoms with Crippen molar-refractivity contribution in [1.82, 2.24) is 4.98 Å². The molecule has 5 heteroatoms. The lowest BCUT2D eigenvalue weighted by Crippen LogP contribution is -2.40. The maximum absolute atomic E-state index is 14.0. The van der Waals surface area contributed by atoms with E-state index in [0.717, 1.165) is 36.2 Å². The molecule has 1 atom stereocenters. The van der Waals surface area contributed by atoms with Crippen molar-refractivity contribution in [2.24, 2.45) is 0 Å². The van der Waals surface area contributed by atoms with Crippen molar-refractivity contribution >= 4 is 19.3 Å². The Hall–Kier alpha value is -2.56. The van der Waals surface area contributed by atoms with Crippen LogP contribution in [0.1, 0.15) is 42.5 Å². The fourth-order valence-electron chi connectivity index (χ4n) is 3.45. The Balaban J connectivity index is 0.000000855. The molecular weight excluding hydrogens is 343 g/mol. The first-order valence-electron chi connectivity index (χ1n) is 9.15. The van der Waals surface area contributed by atoms with Crippen LogP contribution in [0.25, 0.3) is 0 Å². The van der Waals surface area contributed by atoms with Crippen LogP contribution in [-0.4, -0.2) is 31.1 Å². The zero-order chi connectivity index (χ0) is 20.2. The third-order valence-electron chi connectivity index (χ3n) is 4.81. The predicted molar refractivity (Wildman–Crippen MR) is 108 cm³/mol. The average molecular weight is 372 g/mol. The summed E-state index contributed by atoms with van der Waals surface area (Å²) in [6.07, 6.45) is 7.43. The van der Waals surface area contributed by atoms with E-state index < -0.39 is 0 Å². The quantitative estimate of drug-likeness (QED) is 0.795. The molecule has 0 bridgehead atoms. The Morgan fingerprint density at radius 1 is 1.11 bits per heavy atom. The lowest BCUT2D eigenvalue weighted by Gasteiger charge is -2.37. The van der Waals surface area contributed by atoms with E-state index >= 15 is 0 Å². The molecule has 1 aromatic carbocycles. The van der Waals surface area contributed by atoms with Crippen LogP contribution in [0.4, 0.5) is 10.1 Å². The molecule has 1 fully saturated rings. The Morgan fingerprint density at radius 2 is 1.85 bits per heavy atom. The molecule has 0 saturated carbocycles. The Kier molecular flexibility index (Phi) is 9.94. The molecule has 146 valence electrons. The van der Waals surface area contributed by atoms with Gasteiger partial charge in [-0.25, -0.2) is 4.39 Å².